The SMILES string of the molecule is COCCOCC(=O)Nc1ccccc1NC(=O)CCNC(=O)OC(C)(C)C. The number of anilines is 2. The minimum Gasteiger partial charge on any atom is -0.444 e. The van der Waals surface area contributed by atoms with Crippen LogP contribution >= 0.6 is 0 Å². The molecule has 0 saturated carbocycles. The van der Waals surface area contributed by atoms with Gasteiger partial charge in [0.05, 0.1) is 24.6 Å². The lowest BCUT2D eigenvalue weighted by molar-refractivity contribution is -0.121. The highest BCUT2D eigenvalue weighted by molar-refractivity contribution is 5.99. The summed E-state index contributed by atoms with van der Waals surface area (Å²) < 4.78 is 15.1. The van der Waals surface area contributed by atoms with E-state index in [9.17, 15) is 14.4 Å². The van der Waals surface area contributed by atoms with E-state index in [0.717, 1.165) is 0 Å². The Morgan fingerprint density at radius 3 is 2.14 bits per heavy atom. The minimum atomic E-state index is -0.600. The molecule has 0 unspecified atom stereocenters. The number of carbonyl (C=O) groups is 3. The molecule has 9 heteroatoms. The van der Waals surface area contributed by atoms with Crippen molar-refractivity contribution in [1.29, 1.82) is 0 Å². The Morgan fingerprint density at radius 1 is 0.964 bits per heavy atom. The van der Waals surface area contributed by atoms with Gasteiger partial charge in [0.15, 0.2) is 0 Å². The fourth-order valence-electron chi connectivity index (χ4n) is 2.00. The summed E-state index contributed by atoms with van der Waals surface area (Å²) in [7, 11) is 1.55. The Balaban J connectivity index is 2.46. The highest BCUT2D eigenvalue weighted by Crippen LogP contribution is 2.21. The van der Waals surface area contributed by atoms with E-state index < -0.39 is 11.7 Å². The second-order valence-electron chi connectivity index (χ2n) is 6.87. The first-order chi connectivity index (χ1) is 13.2. The quantitative estimate of drug-likeness (QED) is 0.523. The zero-order chi connectivity index (χ0) is 21.0. The van der Waals surface area contributed by atoms with E-state index >= 15 is 0 Å². The largest absolute Gasteiger partial charge is 0.444 e. The molecule has 0 saturated heterocycles. The van der Waals surface area contributed by atoms with E-state index in [-0.39, 0.29) is 31.4 Å². The van der Waals surface area contributed by atoms with Gasteiger partial charge >= 0.3 is 6.09 Å². The van der Waals surface area contributed by atoms with Gasteiger partial charge in [-0.1, -0.05) is 12.1 Å². The molecule has 0 aliphatic rings. The van der Waals surface area contributed by atoms with Gasteiger partial charge in [0.2, 0.25) is 11.8 Å². The van der Waals surface area contributed by atoms with E-state index in [4.69, 9.17) is 14.2 Å². The van der Waals surface area contributed by atoms with Crippen molar-refractivity contribution in [3.8, 4) is 0 Å². The molecule has 156 valence electrons. The molecule has 9 nitrogen and oxygen atoms in total. The minimum absolute atomic E-state index is 0.0572. The topological polar surface area (TPSA) is 115 Å². The van der Waals surface area contributed by atoms with E-state index in [0.29, 0.717) is 24.6 Å². The number of amides is 3. The van der Waals surface area contributed by atoms with Gasteiger partial charge in [-0.2, -0.15) is 0 Å². The second kappa shape index (κ2) is 11.9. The Kier molecular flexibility index (Phi) is 9.97. The third-order valence-corrected chi connectivity index (χ3v) is 3.16. The average Bonchev–Trinajstić information content (AvgIpc) is 2.59. The maximum Gasteiger partial charge on any atom is 0.407 e. The first kappa shape index (κ1) is 23.4. The molecule has 0 atom stereocenters. The molecule has 1 rings (SSSR count). The number of nitrogens with one attached hydrogen (secondary N) is 3. The number of hydrogen-bond donors (Lipinski definition) is 3. The van der Waals surface area contributed by atoms with Gasteiger partial charge in [0, 0.05) is 20.1 Å². The summed E-state index contributed by atoms with van der Waals surface area (Å²) in [5.74, 6) is -0.654. The Labute approximate surface area is 165 Å². The van der Waals surface area contributed by atoms with E-state index in [1.807, 2.05) is 0 Å². The van der Waals surface area contributed by atoms with Gasteiger partial charge in [-0.25, -0.2) is 4.79 Å². The van der Waals surface area contributed by atoms with E-state index in [1.54, 1.807) is 52.1 Å². The van der Waals surface area contributed by atoms with Crippen LogP contribution in [0.15, 0.2) is 24.3 Å². The number of para-hydroxylation sites is 2. The smallest absolute Gasteiger partial charge is 0.407 e. The van der Waals surface area contributed by atoms with Crippen LogP contribution in [0.3, 0.4) is 0 Å². The molecule has 3 amide bonds. The molecule has 3 N–H and O–H groups in total. The van der Waals surface area contributed by atoms with Crippen LogP contribution in [-0.2, 0) is 23.8 Å². The van der Waals surface area contributed by atoms with E-state index in [1.165, 1.54) is 0 Å². The molecule has 1 aromatic carbocycles. The summed E-state index contributed by atoms with van der Waals surface area (Å²) in [6, 6.07) is 6.81. The van der Waals surface area contributed by atoms with Gasteiger partial charge < -0.3 is 30.2 Å². The molecule has 28 heavy (non-hydrogen) atoms. The number of ether oxygens (including phenoxy) is 3. The molecule has 0 fully saturated rings. The second-order valence-corrected chi connectivity index (χ2v) is 6.87. The molecular weight excluding hydrogens is 366 g/mol. The van der Waals surface area contributed by atoms with Crippen LogP contribution in [0.4, 0.5) is 16.2 Å². The summed E-state index contributed by atoms with van der Waals surface area (Å²) in [4.78, 5) is 35.6. The lowest BCUT2D eigenvalue weighted by Gasteiger charge is -2.19. The lowest BCUT2D eigenvalue weighted by atomic mass is 10.2. The van der Waals surface area contributed by atoms with Crippen molar-refractivity contribution in [2.45, 2.75) is 32.8 Å². The third-order valence-electron chi connectivity index (χ3n) is 3.16. The van der Waals surface area contributed by atoms with Crippen molar-refractivity contribution in [2.24, 2.45) is 0 Å². The molecule has 0 radical (unpaired) electrons. The van der Waals surface area contributed by atoms with Crippen molar-refractivity contribution < 1.29 is 28.6 Å². The van der Waals surface area contributed by atoms with Gasteiger partial charge in [-0.3, -0.25) is 9.59 Å². The number of benzene rings is 1. The maximum absolute atomic E-state index is 12.1. The maximum atomic E-state index is 12.1. The lowest BCUT2D eigenvalue weighted by Crippen LogP contribution is -2.34. The zero-order valence-electron chi connectivity index (χ0n) is 16.8. The van der Waals surface area contributed by atoms with Crippen molar-refractivity contribution >= 4 is 29.3 Å². The van der Waals surface area contributed by atoms with Crippen LogP contribution < -0.4 is 16.0 Å². The monoisotopic (exact) mass is 395 g/mol. The van der Waals surface area contributed by atoms with Crippen LogP contribution in [0.1, 0.15) is 27.2 Å². The first-order valence-corrected chi connectivity index (χ1v) is 8.93. The molecular formula is C19H29N3O6. The highest BCUT2D eigenvalue weighted by Gasteiger charge is 2.16. The number of methoxy groups -OCH3 is 1. The highest BCUT2D eigenvalue weighted by atomic mass is 16.6. The molecule has 0 spiro atoms. The normalized spacial score (nSPS) is 10.9. The van der Waals surface area contributed by atoms with Crippen LogP contribution in [0.5, 0.6) is 0 Å². The Bertz CT molecular complexity index is 657. The van der Waals surface area contributed by atoms with Crippen molar-refractivity contribution in [2.75, 3.05) is 44.1 Å². The van der Waals surface area contributed by atoms with Crippen molar-refractivity contribution in [3.63, 3.8) is 0 Å². The van der Waals surface area contributed by atoms with Gasteiger partial charge in [0.1, 0.15) is 12.2 Å². The number of carbonyl (C=O) groups excluding carboxylic acids is 3. The van der Waals surface area contributed by atoms with Crippen molar-refractivity contribution in [3.05, 3.63) is 24.3 Å². The van der Waals surface area contributed by atoms with Crippen LogP contribution in [0.2, 0.25) is 0 Å². The average molecular weight is 395 g/mol. The molecule has 0 bridgehead atoms. The first-order valence-electron chi connectivity index (χ1n) is 8.93. The number of alkyl carbamates (subject to hydrolysis) is 1. The van der Waals surface area contributed by atoms with Gasteiger partial charge in [0.25, 0.3) is 0 Å². The van der Waals surface area contributed by atoms with Gasteiger partial charge in [-0.05, 0) is 32.9 Å². The standard InChI is InChI=1S/C19H29N3O6/c1-19(2,3)28-18(25)20-10-9-16(23)21-14-7-5-6-8-15(14)22-17(24)13-27-12-11-26-4/h5-8H,9-13H2,1-4H3,(H,20,25)(H,21,23)(H,22,24). The van der Waals surface area contributed by atoms with Crippen LogP contribution in [0, 0.1) is 0 Å². The fourth-order valence-corrected chi connectivity index (χ4v) is 2.00. The van der Waals surface area contributed by atoms with Crippen LogP contribution in [-0.4, -0.2) is 57.0 Å². The molecule has 0 heterocycles. The molecule has 0 aliphatic heterocycles. The summed E-state index contributed by atoms with van der Waals surface area (Å²) >= 11 is 0. The number of rotatable bonds is 10. The summed E-state index contributed by atoms with van der Waals surface area (Å²) in [5, 5.41) is 7.91. The molecule has 0 aliphatic carbocycles. The molecule has 0 aromatic heterocycles. The number of hydrogen-bond acceptors (Lipinski definition) is 6. The summed E-state index contributed by atoms with van der Waals surface area (Å²) in [6.07, 6.45) is -0.525. The molecule has 1 aromatic rings. The van der Waals surface area contributed by atoms with Crippen molar-refractivity contribution in [1.82, 2.24) is 5.32 Å². The van der Waals surface area contributed by atoms with Gasteiger partial charge in [-0.15, -0.1) is 0 Å². The fraction of sp³-hybridized carbons (Fsp3) is 0.526. The van der Waals surface area contributed by atoms with Crippen LogP contribution in [0.25, 0.3) is 0 Å². The Hall–Kier alpha value is -2.65. The third kappa shape index (κ3) is 10.5. The predicted octanol–water partition coefficient (Wildman–Crippen LogP) is 2.14. The Morgan fingerprint density at radius 2 is 1.57 bits per heavy atom. The summed E-state index contributed by atoms with van der Waals surface area (Å²) in [6.45, 7) is 5.99. The van der Waals surface area contributed by atoms with E-state index in [2.05, 4.69) is 16.0 Å². The summed E-state index contributed by atoms with van der Waals surface area (Å²) in [5.41, 5.74) is 0.308. The zero-order valence-corrected chi connectivity index (χ0v) is 16.8. The predicted molar refractivity (Wildman–Crippen MR) is 105 cm³/mol.